The number of nitrogens with zero attached hydrogens (tertiary/aromatic N) is 2. The summed E-state index contributed by atoms with van der Waals surface area (Å²) in [4.78, 5) is 22.1. The van der Waals surface area contributed by atoms with Gasteiger partial charge in [-0.2, -0.15) is 0 Å². The van der Waals surface area contributed by atoms with Crippen LogP contribution in [0.2, 0.25) is 0 Å². The summed E-state index contributed by atoms with van der Waals surface area (Å²) in [5.41, 5.74) is 2.17. The van der Waals surface area contributed by atoms with Crippen LogP contribution in [-0.2, 0) is 17.8 Å². The molecule has 0 aliphatic rings. The van der Waals surface area contributed by atoms with E-state index in [9.17, 15) is 4.79 Å². The van der Waals surface area contributed by atoms with E-state index < -0.39 is 0 Å². The van der Waals surface area contributed by atoms with Gasteiger partial charge in [-0.1, -0.05) is 26.0 Å². The Bertz CT molecular complexity index is 653. The van der Waals surface area contributed by atoms with Gasteiger partial charge in [0.1, 0.15) is 5.75 Å². The summed E-state index contributed by atoms with van der Waals surface area (Å²) in [6.07, 6.45) is 4.31. The van der Waals surface area contributed by atoms with Crippen LogP contribution >= 0.6 is 0 Å². The van der Waals surface area contributed by atoms with E-state index in [0.717, 1.165) is 30.0 Å². The van der Waals surface area contributed by atoms with E-state index in [1.807, 2.05) is 42.3 Å². The van der Waals surface area contributed by atoms with Crippen LogP contribution in [-0.4, -0.2) is 47.0 Å². The molecule has 1 aromatic carbocycles. The molecule has 0 saturated carbocycles. The maximum Gasteiger partial charge on any atom is 0.240 e. The van der Waals surface area contributed by atoms with E-state index in [-0.39, 0.29) is 17.9 Å². The Kier molecular flexibility index (Phi) is 7.66. The fourth-order valence-electron chi connectivity index (χ4n) is 2.89. The lowest BCUT2D eigenvalue weighted by Gasteiger charge is -2.29. The van der Waals surface area contributed by atoms with Crippen LogP contribution < -0.4 is 10.1 Å². The number of carbonyl (C=O) groups excluding carboxylic acids is 1. The predicted octanol–water partition coefficient (Wildman–Crippen LogP) is 2.62. The Morgan fingerprint density at radius 2 is 2.04 bits per heavy atom. The van der Waals surface area contributed by atoms with E-state index >= 15 is 0 Å². The van der Waals surface area contributed by atoms with Crippen molar-refractivity contribution in [1.29, 1.82) is 0 Å². The van der Waals surface area contributed by atoms with Gasteiger partial charge in [0.05, 0.1) is 19.5 Å². The van der Waals surface area contributed by atoms with Gasteiger partial charge in [-0.05, 0) is 30.5 Å². The molecule has 1 heterocycles. The van der Waals surface area contributed by atoms with Crippen molar-refractivity contribution < 1.29 is 9.53 Å². The number of likely N-dealkylation sites (N-methyl/N-ethyl adjacent to an activating group) is 1. The summed E-state index contributed by atoms with van der Waals surface area (Å²) in [6, 6.07) is 7.67. The molecule has 6 nitrogen and oxygen atoms in total. The Hall–Kier alpha value is -2.34. The Labute approximate surface area is 156 Å². The van der Waals surface area contributed by atoms with Crippen molar-refractivity contribution in [3.8, 4) is 5.75 Å². The molecule has 0 saturated heterocycles. The highest BCUT2D eigenvalue weighted by molar-refractivity contribution is 5.82. The fourth-order valence-corrected chi connectivity index (χ4v) is 2.89. The summed E-state index contributed by atoms with van der Waals surface area (Å²) in [5, 5.41) is 3.42. The van der Waals surface area contributed by atoms with Gasteiger partial charge in [-0.3, -0.25) is 4.79 Å². The molecule has 142 valence electrons. The van der Waals surface area contributed by atoms with Gasteiger partial charge < -0.3 is 19.9 Å². The molecule has 2 N–H and O–H groups in total. The van der Waals surface area contributed by atoms with Crippen LogP contribution in [0.1, 0.15) is 32.0 Å². The van der Waals surface area contributed by atoms with Crippen molar-refractivity contribution in [3.05, 3.63) is 48.0 Å². The van der Waals surface area contributed by atoms with Gasteiger partial charge in [0.2, 0.25) is 5.91 Å². The fraction of sp³-hybridized carbons (Fsp3) is 0.500. The van der Waals surface area contributed by atoms with Crippen molar-refractivity contribution >= 4 is 5.91 Å². The normalized spacial score (nSPS) is 12.2. The van der Waals surface area contributed by atoms with Gasteiger partial charge in [0.15, 0.2) is 0 Å². The van der Waals surface area contributed by atoms with Crippen LogP contribution in [0.15, 0.2) is 36.8 Å². The summed E-state index contributed by atoms with van der Waals surface area (Å²) in [5.74, 6) is 1.18. The largest absolute Gasteiger partial charge is 0.497 e. The van der Waals surface area contributed by atoms with Gasteiger partial charge >= 0.3 is 0 Å². The number of amides is 1. The average molecular weight is 358 g/mol. The van der Waals surface area contributed by atoms with Crippen LogP contribution in [0.5, 0.6) is 5.75 Å². The topological polar surface area (TPSA) is 70.2 Å². The number of methoxy groups -OCH3 is 1. The van der Waals surface area contributed by atoms with Gasteiger partial charge in [-0.25, -0.2) is 4.98 Å². The molecule has 1 aromatic heterocycles. The summed E-state index contributed by atoms with van der Waals surface area (Å²) in [6.45, 7) is 8.18. The van der Waals surface area contributed by atoms with Crippen LogP contribution in [0.4, 0.5) is 0 Å². The molecule has 0 radical (unpaired) electrons. The average Bonchev–Trinajstić information content (AvgIpc) is 3.16. The summed E-state index contributed by atoms with van der Waals surface area (Å²) < 4.78 is 5.19. The number of hydrogen-bond donors (Lipinski definition) is 2. The van der Waals surface area contributed by atoms with Crippen LogP contribution in [0.3, 0.4) is 0 Å². The second-order valence-corrected chi connectivity index (χ2v) is 6.70. The monoisotopic (exact) mass is 358 g/mol. The van der Waals surface area contributed by atoms with Crippen molar-refractivity contribution in [1.82, 2.24) is 20.2 Å². The first-order chi connectivity index (χ1) is 12.5. The molecule has 0 spiro atoms. The number of imidazole rings is 1. The Balaban J connectivity index is 1.96. The third kappa shape index (κ3) is 5.59. The molecule has 0 aliphatic carbocycles. The first kappa shape index (κ1) is 20.0. The van der Waals surface area contributed by atoms with Gasteiger partial charge in [-0.15, -0.1) is 0 Å². The molecule has 0 fully saturated rings. The lowest BCUT2D eigenvalue weighted by atomic mass is 10.0. The molecule has 1 atom stereocenters. The number of hydrogen-bond acceptors (Lipinski definition) is 4. The highest BCUT2D eigenvalue weighted by atomic mass is 16.5. The SMILES string of the molecule is CCN(Cc1ccc(OC)cc1)C(=O)[C@@H](NCCc1cnc[nH]1)C(C)C. The highest BCUT2D eigenvalue weighted by Gasteiger charge is 2.26. The second-order valence-electron chi connectivity index (χ2n) is 6.70. The second kappa shape index (κ2) is 9.97. The van der Waals surface area contributed by atoms with Crippen molar-refractivity contribution in [2.24, 2.45) is 5.92 Å². The number of ether oxygens (including phenoxy) is 1. The van der Waals surface area contributed by atoms with E-state index in [2.05, 4.69) is 29.1 Å². The molecule has 6 heteroatoms. The number of carbonyl (C=O) groups is 1. The molecular weight excluding hydrogens is 328 g/mol. The van der Waals surface area contributed by atoms with E-state index in [0.29, 0.717) is 13.1 Å². The third-order valence-corrected chi connectivity index (χ3v) is 4.47. The molecular formula is C20H30N4O2. The molecule has 0 unspecified atom stereocenters. The Morgan fingerprint density at radius 1 is 1.31 bits per heavy atom. The van der Waals surface area contributed by atoms with E-state index in [1.165, 1.54) is 0 Å². The maximum absolute atomic E-state index is 13.1. The standard InChI is InChI=1S/C20H30N4O2/c1-5-24(13-16-6-8-18(26-4)9-7-16)20(25)19(15(2)3)22-11-10-17-12-21-14-23-17/h6-9,12,14-15,19,22H,5,10-11,13H2,1-4H3,(H,21,23)/t19-/m0/s1. The Morgan fingerprint density at radius 3 is 2.58 bits per heavy atom. The first-order valence-electron chi connectivity index (χ1n) is 9.17. The number of aromatic amines is 1. The van der Waals surface area contributed by atoms with Crippen molar-refractivity contribution in [2.75, 3.05) is 20.2 Å². The first-order valence-corrected chi connectivity index (χ1v) is 9.17. The molecule has 2 rings (SSSR count). The van der Waals surface area contributed by atoms with E-state index in [1.54, 1.807) is 13.4 Å². The van der Waals surface area contributed by atoms with Crippen LogP contribution in [0.25, 0.3) is 0 Å². The molecule has 2 aromatic rings. The smallest absolute Gasteiger partial charge is 0.240 e. The van der Waals surface area contributed by atoms with Gasteiger partial charge in [0.25, 0.3) is 0 Å². The molecule has 26 heavy (non-hydrogen) atoms. The number of benzene rings is 1. The quantitative estimate of drug-likeness (QED) is 0.685. The minimum atomic E-state index is -0.198. The zero-order chi connectivity index (χ0) is 18.9. The molecule has 0 bridgehead atoms. The number of H-pyrrole nitrogens is 1. The predicted molar refractivity (Wildman–Crippen MR) is 103 cm³/mol. The molecule has 1 amide bonds. The third-order valence-electron chi connectivity index (χ3n) is 4.47. The van der Waals surface area contributed by atoms with Crippen molar-refractivity contribution in [3.63, 3.8) is 0 Å². The number of nitrogens with one attached hydrogen (secondary N) is 2. The number of rotatable bonds is 10. The minimum absolute atomic E-state index is 0.142. The number of aromatic nitrogens is 2. The maximum atomic E-state index is 13.1. The zero-order valence-electron chi connectivity index (χ0n) is 16.2. The lowest BCUT2D eigenvalue weighted by Crippen LogP contribution is -2.49. The van der Waals surface area contributed by atoms with Gasteiger partial charge in [0, 0.05) is 37.9 Å². The summed E-state index contributed by atoms with van der Waals surface area (Å²) in [7, 11) is 1.65. The minimum Gasteiger partial charge on any atom is -0.497 e. The summed E-state index contributed by atoms with van der Waals surface area (Å²) >= 11 is 0. The molecule has 0 aliphatic heterocycles. The highest BCUT2D eigenvalue weighted by Crippen LogP contribution is 2.15. The zero-order valence-corrected chi connectivity index (χ0v) is 16.2. The van der Waals surface area contributed by atoms with Crippen molar-refractivity contribution in [2.45, 2.75) is 39.8 Å². The van der Waals surface area contributed by atoms with Crippen LogP contribution in [0, 0.1) is 5.92 Å². The lowest BCUT2D eigenvalue weighted by molar-refractivity contribution is -0.135. The van der Waals surface area contributed by atoms with E-state index in [4.69, 9.17) is 4.74 Å².